The standard InChI is InChI=1S/C19H24N2O3S2/c1-2-17(15-8-4-3-5-9-15)20-19(22)16-10-6-12-21(14-16)26(23,24)18-11-7-13-25-18/h3-5,7-9,11,13,16-17H,2,6,10,12,14H2,1H3,(H,20,22)/t16-,17+/m0/s1. The number of hydrogen-bond donors (Lipinski definition) is 1. The first-order chi connectivity index (χ1) is 12.5. The lowest BCUT2D eigenvalue weighted by Crippen LogP contribution is -2.45. The van der Waals surface area contributed by atoms with Gasteiger partial charge in [0.2, 0.25) is 5.91 Å². The van der Waals surface area contributed by atoms with Crippen LogP contribution in [0.5, 0.6) is 0 Å². The van der Waals surface area contributed by atoms with Gasteiger partial charge < -0.3 is 5.32 Å². The van der Waals surface area contributed by atoms with Crippen LogP contribution < -0.4 is 5.32 Å². The Morgan fingerprint density at radius 2 is 2.04 bits per heavy atom. The van der Waals surface area contributed by atoms with Gasteiger partial charge in [-0.15, -0.1) is 11.3 Å². The van der Waals surface area contributed by atoms with E-state index in [1.54, 1.807) is 17.5 Å². The van der Waals surface area contributed by atoms with Crippen LogP contribution in [0.25, 0.3) is 0 Å². The average molecular weight is 393 g/mol. The first kappa shape index (κ1) is 19.1. The molecule has 5 nitrogen and oxygen atoms in total. The van der Waals surface area contributed by atoms with E-state index in [0.717, 1.165) is 12.0 Å². The van der Waals surface area contributed by atoms with Gasteiger partial charge in [-0.1, -0.05) is 43.3 Å². The average Bonchev–Trinajstić information content (AvgIpc) is 3.22. The normalized spacial score (nSPS) is 19.8. The van der Waals surface area contributed by atoms with Crippen LogP contribution in [0.1, 0.15) is 37.8 Å². The summed E-state index contributed by atoms with van der Waals surface area (Å²) in [6, 6.07) is 13.2. The second kappa shape index (κ2) is 8.33. The van der Waals surface area contributed by atoms with E-state index in [1.165, 1.54) is 15.6 Å². The number of piperidine rings is 1. The van der Waals surface area contributed by atoms with Crippen LogP contribution in [0.15, 0.2) is 52.1 Å². The molecule has 140 valence electrons. The Morgan fingerprint density at radius 1 is 1.27 bits per heavy atom. The fraction of sp³-hybridized carbons (Fsp3) is 0.421. The number of hydrogen-bond acceptors (Lipinski definition) is 4. The Hall–Kier alpha value is -1.70. The van der Waals surface area contributed by atoms with Gasteiger partial charge in [0, 0.05) is 13.1 Å². The van der Waals surface area contributed by atoms with Crippen molar-refractivity contribution in [3.05, 3.63) is 53.4 Å². The number of amides is 1. The summed E-state index contributed by atoms with van der Waals surface area (Å²) in [6.07, 6.45) is 2.21. The summed E-state index contributed by atoms with van der Waals surface area (Å²) in [6.45, 7) is 2.75. The van der Waals surface area contributed by atoms with Crippen molar-refractivity contribution in [1.29, 1.82) is 0 Å². The van der Waals surface area contributed by atoms with Gasteiger partial charge >= 0.3 is 0 Å². The summed E-state index contributed by atoms with van der Waals surface area (Å²) in [5.74, 6) is -0.372. The quantitative estimate of drug-likeness (QED) is 0.819. The molecule has 0 spiro atoms. The minimum Gasteiger partial charge on any atom is -0.349 e. The van der Waals surface area contributed by atoms with Crippen molar-refractivity contribution in [3.63, 3.8) is 0 Å². The molecule has 1 aliphatic heterocycles. The molecule has 2 aromatic rings. The maximum absolute atomic E-state index is 12.8. The summed E-state index contributed by atoms with van der Waals surface area (Å²) >= 11 is 1.21. The molecule has 1 N–H and O–H groups in total. The van der Waals surface area contributed by atoms with Gasteiger partial charge in [-0.2, -0.15) is 4.31 Å². The zero-order valence-corrected chi connectivity index (χ0v) is 16.4. The summed E-state index contributed by atoms with van der Waals surface area (Å²) in [5.41, 5.74) is 1.07. The molecule has 1 fully saturated rings. The van der Waals surface area contributed by atoms with Crippen molar-refractivity contribution < 1.29 is 13.2 Å². The largest absolute Gasteiger partial charge is 0.349 e. The topological polar surface area (TPSA) is 66.5 Å². The zero-order chi connectivity index (χ0) is 18.6. The zero-order valence-electron chi connectivity index (χ0n) is 14.8. The Morgan fingerprint density at radius 3 is 2.69 bits per heavy atom. The van der Waals surface area contributed by atoms with Gasteiger partial charge in [0.25, 0.3) is 10.0 Å². The Labute approximate surface area is 159 Å². The van der Waals surface area contributed by atoms with Gasteiger partial charge in [-0.3, -0.25) is 4.79 Å². The second-order valence-electron chi connectivity index (χ2n) is 6.51. The number of rotatable bonds is 6. The highest BCUT2D eigenvalue weighted by atomic mass is 32.2. The molecule has 0 radical (unpaired) electrons. The minimum atomic E-state index is -3.50. The number of carbonyl (C=O) groups is 1. The van der Waals surface area contributed by atoms with Crippen LogP contribution in [-0.2, 0) is 14.8 Å². The predicted molar refractivity (Wildman–Crippen MR) is 103 cm³/mol. The van der Waals surface area contributed by atoms with Crippen LogP contribution in [0.2, 0.25) is 0 Å². The van der Waals surface area contributed by atoms with Crippen molar-refractivity contribution in [3.8, 4) is 0 Å². The smallest absolute Gasteiger partial charge is 0.252 e. The lowest BCUT2D eigenvalue weighted by Gasteiger charge is -2.31. The molecule has 3 rings (SSSR count). The van der Waals surface area contributed by atoms with Gasteiger partial charge in [0.1, 0.15) is 4.21 Å². The van der Waals surface area contributed by atoms with E-state index < -0.39 is 10.0 Å². The molecular weight excluding hydrogens is 368 g/mol. The molecule has 1 aromatic carbocycles. The summed E-state index contributed by atoms with van der Waals surface area (Å²) < 4.78 is 27.2. The van der Waals surface area contributed by atoms with Crippen molar-refractivity contribution >= 4 is 27.3 Å². The van der Waals surface area contributed by atoms with E-state index in [1.807, 2.05) is 37.3 Å². The Bertz CT molecular complexity index is 820. The van der Waals surface area contributed by atoms with E-state index in [0.29, 0.717) is 23.6 Å². The molecule has 1 aliphatic rings. The lowest BCUT2D eigenvalue weighted by atomic mass is 9.97. The number of carbonyl (C=O) groups excluding carboxylic acids is 1. The molecule has 26 heavy (non-hydrogen) atoms. The van der Waals surface area contributed by atoms with Crippen molar-refractivity contribution in [2.75, 3.05) is 13.1 Å². The third-order valence-electron chi connectivity index (χ3n) is 4.77. The molecule has 0 aliphatic carbocycles. The van der Waals surface area contributed by atoms with E-state index in [2.05, 4.69) is 5.32 Å². The Balaban J connectivity index is 1.68. The van der Waals surface area contributed by atoms with E-state index in [4.69, 9.17) is 0 Å². The monoisotopic (exact) mass is 392 g/mol. The molecule has 2 atom stereocenters. The third-order valence-corrected chi connectivity index (χ3v) is 8.01. The predicted octanol–water partition coefficient (Wildman–Crippen LogP) is 3.42. The van der Waals surface area contributed by atoms with Crippen LogP contribution in [0.4, 0.5) is 0 Å². The van der Waals surface area contributed by atoms with Crippen LogP contribution >= 0.6 is 11.3 Å². The third kappa shape index (κ3) is 4.16. The SMILES string of the molecule is CC[C@@H](NC(=O)[C@H]1CCCN(S(=O)(=O)c2cccs2)C1)c1ccccc1. The highest BCUT2D eigenvalue weighted by Gasteiger charge is 2.34. The van der Waals surface area contributed by atoms with Crippen LogP contribution in [0, 0.1) is 5.92 Å². The number of nitrogens with one attached hydrogen (secondary N) is 1. The van der Waals surface area contributed by atoms with Gasteiger partial charge in [0.15, 0.2) is 0 Å². The molecule has 1 saturated heterocycles. The number of sulfonamides is 1. The Kier molecular flexibility index (Phi) is 6.11. The first-order valence-electron chi connectivity index (χ1n) is 8.91. The number of nitrogens with zero attached hydrogens (tertiary/aromatic N) is 1. The highest BCUT2D eigenvalue weighted by molar-refractivity contribution is 7.91. The maximum atomic E-state index is 12.8. The molecule has 1 aromatic heterocycles. The molecule has 1 amide bonds. The number of thiophene rings is 1. The van der Waals surface area contributed by atoms with Crippen molar-refractivity contribution in [2.45, 2.75) is 36.4 Å². The lowest BCUT2D eigenvalue weighted by molar-refractivity contribution is -0.126. The first-order valence-corrected chi connectivity index (χ1v) is 11.2. The van der Waals surface area contributed by atoms with E-state index in [9.17, 15) is 13.2 Å². The van der Waals surface area contributed by atoms with Gasteiger partial charge in [-0.25, -0.2) is 8.42 Å². The second-order valence-corrected chi connectivity index (χ2v) is 9.63. The molecular formula is C19H24N2O3S2. The van der Waals surface area contributed by atoms with E-state index >= 15 is 0 Å². The van der Waals surface area contributed by atoms with Gasteiger partial charge in [0.05, 0.1) is 12.0 Å². The molecule has 0 unspecified atom stereocenters. The van der Waals surface area contributed by atoms with E-state index in [-0.39, 0.29) is 24.4 Å². The van der Waals surface area contributed by atoms with Crippen LogP contribution in [-0.4, -0.2) is 31.7 Å². The summed E-state index contributed by atoms with van der Waals surface area (Å²) in [7, 11) is -3.50. The fourth-order valence-electron chi connectivity index (χ4n) is 3.31. The molecule has 7 heteroatoms. The molecule has 0 bridgehead atoms. The number of benzene rings is 1. The maximum Gasteiger partial charge on any atom is 0.252 e. The molecule has 2 heterocycles. The highest BCUT2D eigenvalue weighted by Crippen LogP contribution is 2.27. The van der Waals surface area contributed by atoms with Gasteiger partial charge in [-0.05, 0) is 36.3 Å². The van der Waals surface area contributed by atoms with Crippen molar-refractivity contribution in [1.82, 2.24) is 9.62 Å². The van der Waals surface area contributed by atoms with Crippen LogP contribution in [0.3, 0.4) is 0 Å². The van der Waals surface area contributed by atoms with Crippen molar-refractivity contribution in [2.24, 2.45) is 5.92 Å². The fourth-order valence-corrected chi connectivity index (χ4v) is 5.98. The minimum absolute atomic E-state index is 0.0482. The summed E-state index contributed by atoms with van der Waals surface area (Å²) in [4.78, 5) is 12.8. The summed E-state index contributed by atoms with van der Waals surface area (Å²) in [5, 5.41) is 4.86. The molecule has 0 saturated carbocycles.